The third kappa shape index (κ3) is 2.71. The van der Waals surface area contributed by atoms with E-state index in [-0.39, 0.29) is 17.4 Å². The van der Waals surface area contributed by atoms with E-state index >= 15 is 0 Å². The predicted molar refractivity (Wildman–Crippen MR) is 97.7 cm³/mol. The third-order valence-electron chi connectivity index (χ3n) is 5.93. The Balaban J connectivity index is 1.48. The number of amides is 1. The summed E-state index contributed by atoms with van der Waals surface area (Å²) in [5, 5.41) is 2.52. The van der Waals surface area contributed by atoms with E-state index < -0.39 is 0 Å². The van der Waals surface area contributed by atoms with Crippen LogP contribution in [0.15, 0.2) is 42.5 Å². The maximum Gasteiger partial charge on any atom is 0.226 e. The number of nitrogens with zero attached hydrogens (tertiary/aromatic N) is 1. The molecule has 1 aliphatic heterocycles. The molecule has 1 amide bonds. The molecule has 3 heteroatoms. The summed E-state index contributed by atoms with van der Waals surface area (Å²) in [5.41, 5.74) is 7.52. The summed E-state index contributed by atoms with van der Waals surface area (Å²) in [4.78, 5) is 14.9. The van der Waals surface area contributed by atoms with Crippen molar-refractivity contribution in [3.63, 3.8) is 0 Å². The number of hydrogen-bond acceptors (Lipinski definition) is 2. The summed E-state index contributed by atoms with van der Waals surface area (Å²) in [7, 11) is 0. The molecule has 24 heavy (non-hydrogen) atoms. The average molecular weight is 322 g/mol. The van der Waals surface area contributed by atoms with Gasteiger partial charge in [-0.2, -0.15) is 0 Å². The molecule has 1 heterocycles. The monoisotopic (exact) mass is 322 g/mol. The molecule has 2 aromatic rings. The van der Waals surface area contributed by atoms with E-state index in [0.29, 0.717) is 11.8 Å². The Morgan fingerprint density at radius 3 is 2.67 bits per heavy atom. The van der Waals surface area contributed by atoms with Crippen LogP contribution in [0.3, 0.4) is 0 Å². The summed E-state index contributed by atoms with van der Waals surface area (Å²) in [6.45, 7) is 5.94. The fourth-order valence-electron chi connectivity index (χ4n) is 4.07. The van der Waals surface area contributed by atoms with Crippen molar-refractivity contribution in [1.82, 2.24) is 4.90 Å². The molecule has 2 N–H and O–H groups in total. The smallest absolute Gasteiger partial charge is 0.226 e. The van der Waals surface area contributed by atoms with Gasteiger partial charge >= 0.3 is 0 Å². The number of piperidine rings is 1. The van der Waals surface area contributed by atoms with Crippen LogP contribution in [0.5, 0.6) is 0 Å². The largest absolute Gasteiger partial charge is 0.342 e. The van der Waals surface area contributed by atoms with Gasteiger partial charge in [-0.1, -0.05) is 56.3 Å². The van der Waals surface area contributed by atoms with Crippen LogP contribution >= 0.6 is 0 Å². The highest BCUT2D eigenvalue weighted by atomic mass is 16.2. The van der Waals surface area contributed by atoms with Crippen LogP contribution < -0.4 is 5.73 Å². The lowest BCUT2D eigenvalue weighted by Crippen LogP contribution is -2.54. The summed E-state index contributed by atoms with van der Waals surface area (Å²) in [6.07, 6.45) is 1.90. The van der Waals surface area contributed by atoms with Crippen molar-refractivity contribution in [2.75, 3.05) is 13.1 Å². The highest BCUT2D eigenvalue weighted by Gasteiger charge is 2.47. The van der Waals surface area contributed by atoms with Gasteiger partial charge in [-0.05, 0) is 40.5 Å². The number of fused-ring (bicyclic) bond motifs is 1. The first kappa shape index (κ1) is 15.6. The lowest BCUT2D eigenvalue weighted by molar-refractivity contribution is -0.136. The van der Waals surface area contributed by atoms with Gasteiger partial charge in [-0.15, -0.1) is 0 Å². The number of nitrogens with two attached hydrogens (primary N) is 1. The van der Waals surface area contributed by atoms with E-state index in [0.717, 1.165) is 25.9 Å². The Morgan fingerprint density at radius 2 is 1.92 bits per heavy atom. The molecule has 3 unspecified atom stereocenters. The lowest BCUT2D eigenvalue weighted by Gasteiger charge is -2.42. The van der Waals surface area contributed by atoms with Crippen molar-refractivity contribution in [2.24, 2.45) is 17.1 Å². The minimum atomic E-state index is 0.0151. The number of benzene rings is 2. The van der Waals surface area contributed by atoms with E-state index in [1.54, 1.807) is 0 Å². The molecule has 2 fully saturated rings. The third-order valence-corrected chi connectivity index (χ3v) is 5.93. The quantitative estimate of drug-likeness (QED) is 0.919. The van der Waals surface area contributed by atoms with E-state index in [9.17, 15) is 4.79 Å². The molecule has 1 saturated heterocycles. The van der Waals surface area contributed by atoms with Gasteiger partial charge in [0.2, 0.25) is 5.91 Å². The van der Waals surface area contributed by atoms with Crippen molar-refractivity contribution < 1.29 is 4.79 Å². The first-order valence-electron chi connectivity index (χ1n) is 8.99. The van der Waals surface area contributed by atoms with Gasteiger partial charge < -0.3 is 10.6 Å². The van der Waals surface area contributed by atoms with Crippen LogP contribution in [0.4, 0.5) is 0 Å². The Morgan fingerprint density at radius 1 is 1.17 bits per heavy atom. The molecule has 3 nitrogen and oxygen atoms in total. The molecule has 126 valence electrons. The normalized spacial score (nSPS) is 28.8. The number of carbonyl (C=O) groups excluding carboxylic acids is 1. The fourth-order valence-corrected chi connectivity index (χ4v) is 4.07. The molecule has 0 spiro atoms. The molecule has 1 saturated carbocycles. The summed E-state index contributed by atoms with van der Waals surface area (Å²) >= 11 is 0. The molecule has 0 radical (unpaired) electrons. The van der Waals surface area contributed by atoms with Crippen LogP contribution in [0.2, 0.25) is 0 Å². The Kier molecular flexibility index (Phi) is 3.65. The fraction of sp³-hybridized carbons (Fsp3) is 0.476. The molecule has 2 aromatic carbocycles. The van der Waals surface area contributed by atoms with Crippen molar-refractivity contribution in [3.8, 4) is 0 Å². The summed E-state index contributed by atoms with van der Waals surface area (Å²) in [5.74, 6) is 0.880. The number of rotatable bonds is 2. The van der Waals surface area contributed by atoms with Crippen molar-refractivity contribution >= 4 is 16.7 Å². The van der Waals surface area contributed by atoms with Gasteiger partial charge in [0.1, 0.15) is 0 Å². The second-order valence-corrected chi connectivity index (χ2v) is 8.20. The molecule has 4 rings (SSSR count). The number of hydrogen-bond donors (Lipinski definition) is 1. The van der Waals surface area contributed by atoms with E-state index in [1.165, 1.54) is 16.3 Å². The van der Waals surface area contributed by atoms with Crippen LogP contribution in [-0.4, -0.2) is 29.9 Å². The van der Waals surface area contributed by atoms with Gasteiger partial charge in [0.15, 0.2) is 0 Å². The minimum absolute atomic E-state index is 0.0151. The lowest BCUT2D eigenvalue weighted by atomic mass is 9.79. The molecule has 1 aliphatic carbocycles. The average Bonchev–Trinajstić information content (AvgIpc) is 3.37. The zero-order valence-corrected chi connectivity index (χ0v) is 14.5. The summed E-state index contributed by atoms with van der Waals surface area (Å²) < 4.78 is 0. The molecule has 0 bridgehead atoms. The Bertz CT molecular complexity index is 782. The standard InChI is InChI=1S/C21H26N2O/c1-21(2)13-23(10-9-19(21)22)20(24)18-12-17(18)16-8-7-14-5-3-4-6-15(14)11-16/h3-8,11,17-19H,9-10,12-13,22H2,1-2H3. The van der Waals surface area contributed by atoms with Crippen molar-refractivity contribution in [1.29, 1.82) is 0 Å². The van der Waals surface area contributed by atoms with E-state index in [2.05, 4.69) is 61.2 Å². The first-order valence-corrected chi connectivity index (χ1v) is 8.99. The van der Waals surface area contributed by atoms with E-state index in [1.807, 2.05) is 0 Å². The van der Waals surface area contributed by atoms with Crippen molar-refractivity contribution in [2.45, 2.75) is 38.6 Å². The highest BCUT2D eigenvalue weighted by molar-refractivity contribution is 5.86. The SMILES string of the molecule is CC1(C)CN(C(=O)C2CC2c2ccc3ccccc3c2)CCC1N. The molecule has 0 aromatic heterocycles. The maximum absolute atomic E-state index is 12.9. The summed E-state index contributed by atoms with van der Waals surface area (Å²) in [6, 6.07) is 15.2. The number of carbonyl (C=O) groups is 1. The highest BCUT2D eigenvalue weighted by Crippen LogP contribution is 2.49. The molecular formula is C21H26N2O. The van der Waals surface area contributed by atoms with Crippen LogP contribution in [0.25, 0.3) is 10.8 Å². The van der Waals surface area contributed by atoms with Gasteiger partial charge in [-0.3, -0.25) is 4.79 Å². The molecule has 2 aliphatic rings. The Hall–Kier alpha value is -1.87. The van der Waals surface area contributed by atoms with Crippen molar-refractivity contribution in [3.05, 3.63) is 48.0 Å². The predicted octanol–water partition coefficient (Wildman–Crippen LogP) is 3.53. The zero-order valence-electron chi connectivity index (χ0n) is 14.5. The molecular weight excluding hydrogens is 296 g/mol. The van der Waals surface area contributed by atoms with Gasteiger partial charge in [-0.25, -0.2) is 0 Å². The Labute approximate surface area is 143 Å². The number of likely N-dealkylation sites (tertiary alicyclic amines) is 1. The van der Waals surface area contributed by atoms with Crippen LogP contribution in [-0.2, 0) is 4.79 Å². The first-order chi connectivity index (χ1) is 11.5. The minimum Gasteiger partial charge on any atom is -0.342 e. The maximum atomic E-state index is 12.9. The van der Waals surface area contributed by atoms with Crippen LogP contribution in [0.1, 0.15) is 38.2 Å². The molecule has 3 atom stereocenters. The van der Waals surface area contributed by atoms with Gasteiger partial charge in [0.25, 0.3) is 0 Å². The second kappa shape index (κ2) is 5.59. The zero-order chi connectivity index (χ0) is 16.9. The van der Waals surface area contributed by atoms with E-state index in [4.69, 9.17) is 5.73 Å². The van der Waals surface area contributed by atoms with Crippen LogP contribution in [0, 0.1) is 11.3 Å². The topological polar surface area (TPSA) is 46.3 Å². The van der Waals surface area contributed by atoms with Gasteiger partial charge in [0.05, 0.1) is 0 Å². The second-order valence-electron chi connectivity index (χ2n) is 8.20. The van der Waals surface area contributed by atoms with Gasteiger partial charge in [0, 0.05) is 25.0 Å².